The predicted molar refractivity (Wildman–Crippen MR) is 120 cm³/mol. The summed E-state index contributed by atoms with van der Waals surface area (Å²) in [5.74, 6) is -1.09. The van der Waals surface area contributed by atoms with E-state index in [-0.39, 0.29) is 16.8 Å². The Balaban J connectivity index is 1.69. The minimum atomic E-state index is -0.562. The normalized spacial score (nSPS) is 10.6. The van der Waals surface area contributed by atoms with Crippen molar-refractivity contribution in [1.82, 2.24) is 5.43 Å². The number of non-ortho nitro benzene ring substituents is 1. The van der Waals surface area contributed by atoms with Gasteiger partial charge in [-0.2, -0.15) is 5.10 Å². The van der Waals surface area contributed by atoms with Crippen LogP contribution in [-0.2, 0) is 0 Å². The first-order valence-electron chi connectivity index (χ1n) is 9.79. The average molecular weight is 450 g/mol. The molecule has 0 aliphatic heterocycles. The number of carbonyl (C=O) groups is 2. The molecule has 0 aromatic heterocycles. The molecule has 0 heterocycles. The molecule has 0 aliphatic carbocycles. The topological polar surface area (TPSA) is 123 Å². The van der Waals surface area contributed by atoms with E-state index in [2.05, 4.69) is 15.8 Å². The first kappa shape index (κ1) is 23.1. The molecule has 0 saturated heterocycles. The highest BCUT2D eigenvalue weighted by Crippen LogP contribution is 2.23. The summed E-state index contributed by atoms with van der Waals surface area (Å²) in [6.07, 6.45) is 1.25. The Morgan fingerprint density at radius 3 is 2.52 bits per heavy atom. The van der Waals surface area contributed by atoms with Gasteiger partial charge in [-0.15, -0.1) is 0 Å². The van der Waals surface area contributed by atoms with E-state index in [1.165, 1.54) is 60.8 Å². The van der Waals surface area contributed by atoms with Gasteiger partial charge in [-0.1, -0.05) is 6.07 Å². The van der Waals surface area contributed by atoms with Crippen LogP contribution in [-0.4, -0.2) is 29.6 Å². The number of anilines is 1. The van der Waals surface area contributed by atoms with Crippen molar-refractivity contribution < 1.29 is 23.6 Å². The standard InChI is InChI=1S/C23H19FN4O5/c1-2-33-21-11-10-20(28(31)32)13-17(21)14-25-27-23(30)16-4-3-5-19(12-16)26-22(29)15-6-8-18(24)9-7-15/h3-14H,2H2,1H3,(H,26,29)(H,27,30)/b25-14+. The fourth-order valence-electron chi connectivity index (χ4n) is 2.80. The van der Waals surface area contributed by atoms with Crippen molar-refractivity contribution in [2.45, 2.75) is 6.92 Å². The number of hydrogen-bond donors (Lipinski definition) is 2. The molecule has 2 N–H and O–H groups in total. The van der Waals surface area contributed by atoms with Crippen molar-refractivity contribution in [1.29, 1.82) is 0 Å². The monoisotopic (exact) mass is 450 g/mol. The van der Waals surface area contributed by atoms with Gasteiger partial charge in [0.15, 0.2) is 0 Å². The highest BCUT2D eigenvalue weighted by molar-refractivity contribution is 6.05. The van der Waals surface area contributed by atoms with Crippen LogP contribution in [0.4, 0.5) is 15.8 Å². The van der Waals surface area contributed by atoms with Gasteiger partial charge in [-0.3, -0.25) is 19.7 Å². The second-order valence-corrected chi connectivity index (χ2v) is 6.65. The Labute approximate surface area is 188 Å². The Hall–Kier alpha value is -4.60. The average Bonchev–Trinajstić information content (AvgIpc) is 2.80. The van der Waals surface area contributed by atoms with Crippen molar-refractivity contribution in [3.05, 3.63) is 99.4 Å². The molecule has 9 nitrogen and oxygen atoms in total. The Kier molecular flexibility index (Phi) is 7.43. The van der Waals surface area contributed by atoms with Gasteiger partial charge in [0.05, 0.1) is 17.7 Å². The third-order valence-corrected chi connectivity index (χ3v) is 4.36. The minimum absolute atomic E-state index is 0.143. The number of ether oxygens (including phenoxy) is 1. The molecule has 0 spiro atoms. The summed E-state index contributed by atoms with van der Waals surface area (Å²) in [5, 5.41) is 17.5. The van der Waals surface area contributed by atoms with Crippen LogP contribution in [0.1, 0.15) is 33.2 Å². The van der Waals surface area contributed by atoms with Crippen LogP contribution in [0, 0.1) is 15.9 Å². The zero-order valence-corrected chi connectivity index (χ0v) is 17.4. The summed E-state index contributed by atoms with van der Waals surface area (Å²) in [7, 11) is 0. The Morgan fingerprint density at radius 1 is 1.06 bits per heavy atom. The maximum Gasteiger partial charge on any atom is 0.271 e. The molecule has 0 atom stereocenters. The molecule has 0 saturated carbocycles. The Bertz CT molecular complexity index is 1210. The van der Waals surface area contributed by atoms with E-state index >= 15 is 0 Å². The summed E-state index contributed by atoms with van der Waals surface area (Å²) in [6.45, 7) is 2.12. The molecular weight excluding hydrogens is 431 g/mol. The summed E-state index contributed by atoms with van der Waals surface area (Å²) in [6, 6.07) is 15.2. The lowest BCUT2D eigenvalue weighted by Crippen LogP contribution is -2.18. The van der Waals surface area contributed by atoms with E-state index in [4.69, 9.17) is 4.74 Å². The summed E-state index contributed by atoms with van der Waals surface area (Å²) < 4.78 is 18.4. The SMILES string of the molecule is CCOc1ccc([N+](=O)[O-])cc1/C=N/NC(=O)c1cccc(NC(=O)c2ccc(F)cc2)c1. The number of hydrazone groups is 1. The number of nitro groups is 1. The van der Waals surface area contributed by atoms with Crippen LogP contribution < -0.4 is 15.5 Å². The fraction of sp³-hybridized carbons (Fsp3) is 0.0870. The van der Waals surface area contributed by atoms with Gasteiger partial charge in [0.1, 0.15) is 11.6 Å². The minimum Gasteiger partial charge on any atom is -0.493 e. The van der Waals surface area contributed by atoms with E-state index in [1.54, 1.807) is 19.1 Å². The van der Waals surface area contributed by atoms with E-state index in [0.29, 0.717) is 23.6 Å². The zero-order valence-electron chi connectivity index (χ0n) is 17.4. The molecule has 0 aliphatic rings. The van der Waals surface area contributed by atoms with E-state index < -0.39 is 22.6 Å². The number of nitro benzene ring substituents is 1. The van der Waals surface area contributed by atoms with Crippen LogP contribution in [0.15, 0.2) is 71.8 Å². The summed E-state index contributed by atoms with van der Waals surface area (Å²) in [4.78, 5) is 35.2. The molecule has 2 amide bonds. The van der Waals surface area contributed by atoms with Gasteiger partial charge in [0, 0.05) is 34.5 Å². The fourth-order valence-corrected chi connectivity index (χ4v) is 2.80. The second kappa shape index (κ2) is 10.6. The lowest BCUT2D eigenvalue weighted by atomic mass is 10.1. The van der Waals surface area contributed by atoms with Crippen molar-refractivity contribution in [3.8, 4) is 5.75 Å². The quantitative estimate of drug-likeness (QED) is 0.303. The van der Waals surface area contributed by atoms with Crippen LogP contribution in [0.3, 0.4) is 0 Å². The molecule has 0 fully saturated rings. The first-order chi connectivity index (χ1) is 15.9. The van der Waals surface area contributed by atoms with Gasteiger partial charge in [0.25, 0.3) is 17.5 Å². The van der Waals surface area contributed by atoms with Gasteiger partial charge in [-0.05, 0) is 55.5 Å². The van der Waals surface area contributed by atoms with Gasteiger partial charge >= 0.3 is 0 Å². The van der Waals surface area contributed by atoms with Gasteiger partial charge in [-0.25, -0.2) is 9.82 Å². The number of hydrogen-bond acceptors (Lipinski definition) is 6. The number of nitrogens with zero attached hydrogens (tertiary/aromatic N) is 2. The molecule has 10 heteroatoms. The molecule has 3 aromatic rings. The molecular formula is C23H19FN4O5. The van der Waals surface area contributed by atoms with E-state index in [1.807, 2.05) is 0 Å². The number of halogens is 1. The maximum atomic E-state index is 13.0. The van der Waals surface area contributed by atoms with Crippen LogP contribution >= 0.6 is 0 Å². The predicted octanol–water partition coefficient (Wildman–Crippen LogP) is 4.15. The largest absolute Gasteiger partial charge is 0.493 e. The highest BCUT2D eigenvalue weighted by Gasteiger charge is 2.12. The molecule has 0 radical (unpaired) electrons. The molecule has 3 aromatic carbocycles. The van der Waals surface area contributed by atoms with E-state index in [9.17, 15) is 24.1 Å². The summed E-state index contributed by atoms with van der Waals surface area (Å²) >= 11 is 0. The third-order valence-electron chi connectivity index (χ3n) is 4.36. The van der Waals surface area contributed by atoms with Crippen LogP contribution in [0.25, 0.3) is 0 Å². The lowest BCUT2D eigenvalue weighted by Gasteiger charge is -2.08. The smallest absolute Gasteiger partial charge is 0.271 e. The maximum absolute atomic E-state index is 13.0. The van der Waals surface area contributed by atoms with Crippen molar-refractivity contribution >= 4 is 29.4 Å². The highest BCUT2D eigenvalue weighted by atomic mass is 19.1. The summed E-state index contributed by atoms with van der Waals surface area (Å²) in [5.41, 5.74) is 3.35. The second-order valence-electron chi connectivity index (χ2n) is 6.65. The molecule has 3 rings (SSSR count). The number of carbonyl (C=O) groups excluding carboxylic acids is 2. The first-order valence-corrected chi connectivity index (χ1v) is 9.79. The molecule has 168 valence electrons. The van der Waals surface area contributed by atoms with Gasteiger partial charge in [0.2, 0.25) is 0 Å². The van der Waals surface area contributed by atoms with Crippen LogP contribution in [0.2, 0.25) is 0 Å². The van der Waals surface area contributed by atoms with Crippen molar-refractivity contribution in [3.63, 3.8) is 0 Å². The molecule has 0 bridgehead atoms. The number of nitrogens with one attached hydrogen (secondary N) is 2. The zero-order chi connectivity index (χ0) is 23.8. The molecule has 33 heavy (non-hydrogen) atoms. The lowest BCUT2D eigenvalue weighted by molar-refractivity contribution is -0.384. The number of benzene rings is 3. The third kappa shape index (κ3) is 6.20. The van der Waals surface area contributed by atoms with Gasteiger partial charge < -0.3 is 10.1 Å². The number of amides is 2. The number of rotatable bonds is 8. The molecule has 0 unspecified atom stereocenters. The van der Waals surface area contributed by atoms with Crippen molar-refractivity contribution in [2.75, 3.05) is 11.9 Å². The Morgan fingerprint density at radius 2 is 1.82 bits per heavy atom. The van der Waals surface area contributed by atoms with Crippen LogP contribution in [0.5, 0.6) is 5.75 Å². The van der Waals surface area contributed by atoms with E-state index in [0.717, 1.165) is 0 Å². The van der Waals surface area contributed by atoms with Crippen molar-refractivity contribution in [2.24, 2.45) is 5.10 Å².